The minimum Gasteiger partial charge on any atom is -0.474 e. The molecule has 0 radical (unpaired) electrons. The molecular weight excluding hydrogens is 382 g/mol. The van der Waals surface area contributed by atoms with E-state index >= 15 is 0 Å². The third kappa shape index (κ3) is 4.27. The fraction of sp³-hybridized carbons (Fsp3) is 0.375. The lowest BCUT2D eigenvalue weighted by atomic mass is 9.89. The van der Waals surface area contributed by atoms with Crippen LogP contribution in [0.3, 0.4) is 0 Å². The van der Waals surface area contributed by atoms with E-state index in [1.165, 1.54) is 10.9 Å². The largest absolute Gasteiger partial charge is 0.474 e. The van der Waals surface area contributed by atoms with E-state index in [1.807, 2.05) is 24.5 Å². The van der Waals surface area contributed by atoms with Crippen LogP contribution in [0.5, 0.6) is 0 Å². The van der Waals surface area contributed by atoms with Crippen molar-refractivity contribution < 1.29 is 4.74 Å². The standard InChI is InChI=1S/C24H28ClN3O/c1-17(29-24(2,3)4)27-13-10-18(11-14-27)22-16-28(20-7-5-19(25)6-8-20)23-15-26-12-9-21(22)23/h5-9,12,15-16,18H,1,10-11,13-14H2,2-4H3. The van der Waals surface area contributed by atoms with Crippen LogP contribution < -0.4 is 0 Å². The summed E-state index contributed by atoms with van der Waals surface area (Å²) in [7, 11) is 0. The van der Waals surface area contributed by atoms with E-state index in [9.17, 15) is 0 Å². The molecule has 4 nitrogen and oxygen atoms in total. The van der Waals surface area contributed by atoms with E-state index in [1.54, 1.807) is 0 Å². The Balaban J connectivity index is 1.58. The zero-order chi connectivity index (χ0) is 20.6. The second-order valence-electron chi connectivity index (χ2n) is 8.69. The van der Waals surface area contributed by atoms with Gasteiger partial charge in [-0.15, -0.1) is 0 Å². The summed E-state index contributed by atoms with van der Waals surface area (Å²) in [5.41, 5.74) is 3.41. The van der Waals surface area contributed by atoms with Crippen LogP contribution in [0.2, 0.25) is 5.02 Å². The molecule has 1 saturated heterocycles. The molecule has 29 heavy (non-hydrogen) atoms. The lowest BCUT2D eigenvalue weighted by molar-refractivity contribution is -0.00290. The molecule has 152 valence electrons. The van der Waals surface area contributed by atoms with Crippen molar-refractivity contribution in [2.45, 2.75) is 45.1 Å². The van der Waals surface area contributed by atoms with Crippen molar-refractivity contribution in [1.82, 2.24) is 14.5 Å². The molecule has 1 aliphatic heterocycles. The molecule has 3 heterocycles. The summed E-state index contributed by atoms with van der Waals surface area (Å²) in [4.78, 5) is 6.63. The van der Waals surface area contributed by atoms with E-state index in [0.717, 1.165) is 48.0 Å². The van der Waals surface area contributed by atoms with Gasteiger partial charge in [-0.05, 0) is 82.0 Å². The monoisotopic (exact) mass is 409 g/mol. The van der Waals surface area contributed by atoms with Gasteiger partial charge in [0.1, 0.15) is 5.60 Å². The summed E-state index contributed by atoms with van der Waals surface area (Å²) < 4.78 is 8.19. The van der Waals surface area contributed by atoms with Crippen molar-refractivity contribution in [1.29, 1.82) is 0 Å². The first-order valence-corrected chi connectivity index (χ1v) is 10.5. The van der Waals surface area contributed by atoms with Crippen molar-refractivity contribution in [3.05, 3.63) is 72.0 Å². The molecule has 0 atom stereocenters. The Morgan fingerprint density at radius 2 is 1.83 bits per heavy atom. The van der Waals surface area contributed by atoms with Crippen molar-refractivity contribution in [3.63, 3.8) is 0 Å². The number of ether oxygens (including phenoxy) is 1. The quantitative estimate of drug-likeness (QED) is 0.484. The number of rotatable bonds is 4. The maximum absolute atomic E-state index is 6.08. The van der Waals surface area contributed by atoms with Crippen LogP contribution in [0.4, 0.5) is 0 Å². The molecule has 3 aromatic rings. The van der Waals surface area contributed by atoms with Crippen molar-refractivity contribution >= 4 is 22.5 Å². The van der Waals surface area contributed by atoms with Crippen LogP contribution in [-0.2, 0) is 4.74 Å². The lowest BCUT2D eigenvalue weighted by Gasteiger charge is -2.36. The molecule has 1 aromatic carbocycles. The second kappa shape index (κ2) is 7.75. The zero-order valence-corrected chi connectivity index (χ0v) is 18.1. The van der Waals surface area contributed by atoms with Gasteiger partial charge < -0.3 is 14.2 Å². The predicted octanol–water partition coefficient (Wildman–Crippen LogP) is 6.14. The Morgan fingerprint density at radius 3 is 2.48 bits per heavy atom. The normalized spacial score (nSPS) is 15.7. The van der Waals surface area contributed by atoms with Gasteiger partial charge >= 0.3 is 0 Å². The van der Waals surface area contributed by atoms with Crippen molar-refractivity contribution in [2.24, 2.45) is 0 Å². The molecular formula is C24H28ClN3O. The first-order chi connectivity index (χ1) is 13.8. The van der Waals surface area contributed by atoms with Crippen molar-refractivity contribution in [3.8, 4) is 5.69 Å². The SMILES string of the molecule is C=C(OC(C)(C)C)N1CCC(c2cn(-c3ccc(Cl)cc3)c3cnccc23)CC1. The fourth-order valence-electron chi connectivity index (χ4n) is 4.10. The van der Waals surface area contributed by atoms with E-state index < -0.39 is 0 Å². The number of likely N-dealkylation sites (tertiary alicyclic amines) is 1. The fourth-order valence-corrected chi connectivity index (χ4v) is 4.22. The highest BCUT2D eigenvalue weighted by Crippen LogP contribution is 2.36. The summed E-state index contributed by atoms with van der Waals surface area (Å²) in [6, 6.07) is 10.1. The molecule has 0 spiro atoms. The number of benzene rings is 1. The van der Waals surface area contributed by atoms with Gasteiger partial charge in [-0.3, -0.25) is 4.98 Å². The van der Waals surface area contributed by atoms with Gasteiger partial charge in [-0.25, -0.2) is 0 Å². The summed E-state index contributed by atoms with van der Waals surface area (Å²) in [6.45, 7) is 12.2. The van der Waals surface area contributed by atoms with Gasteiger partial charge in [0.2, 0.25) is 0 Å². The molecule has 0 unspecified atom stereocenters. The minimum atomic E-state index is -0.215. The van der Waals surface area contributed by atoms with E-state index in [0.29, 0.717) is 5.92 Å². The molecule has 1 aliphatic rings. The third-order valence-electron chi connectivity index (χ3n) is 5.46. The summed E-state index contributed by atoms with van der Waals surface area (Å²) >= 11 is 6.08. The van der Waals surface area contributed by atoms with Gasteiger partial charge in [-0.2, -0.15) is 0 Å². The second-order valence-corrected chi connectivity index (χ2v) is 9.13. The molecule has 2 aromatic heterocycles. The van der Waals surface area contributed by atoms with Crippen LogP contribution in [0.25, 0.3) is 16.6 Å². The van der Waals surface area contributed by atoms with Crippen LogP contribution in [0.15, 0.2) is 61.4 Å². The molecule has 0 bridgehead atoms. The summed E-state index contributed by atoms with van der Waals surface area (Å²) in [6.07, 6.45) is 8.26. The Hall–Kier alpha value is -2.46. The molecule has 4 rings (SSSR count). The van der Waals surface area contributed by atoms with E-state index in [2.05, 4.69) is 66.2 Å². The Morgan fingerprint density at radius 1 is 1.14 bits per heavy atom. The number of hydrogen-bond donors (Lipinski definition) is 0. The summed E-state index contributed by atoms with van der Waals surface area (Å²) in [5.74, 6) is 1.29. The molecule has 5 heteroatoms. The van der Waals surface area contributed by atoms with E-state index in [4.69, 9.17) is 16.3 Å². The minimum absolute atomic E-state index is 0.215. The Kier molecular flexibility index (Phi) is 5.30. The average molecular weight is 410 g/mol. The highest BCUT2D eigenvalue weighted by molar-refractivity contribution is 6.30. The first kappa shape index (κ1) is 19.8. The number of piperidine rings is 1. The van der Waals surface area contributed by atoms with Crippen LogP contribution in [0, 0.1) is 0 Å². The van der Waals surface area contributed by atoms with Crippen LogP contribution >= 0.6 is 11.6 Å². The maximum Gasteiger partial charge on any atom is 0.182 e. The third-order valence-corrected chi connectivity index (χ3v) is 5.71. The van der Waals surface area contributed by atoms with Gasteiger partial charge in [0.25, 0.3) is 0 Å². The molecule has 0 saturated carbocycles. The number of halogens is 1. The highest BCUT2D eigenvalue weighted by Gasteiger charge is 2.26. The van der Waals surface area contributed by atoms with Gasteiger partial charge in [0.15, 0.2) is 5.88 Å². The number of aromatic nitrogens is 2. The average Bonchev–Trinajstić information content (AvgIpc) is 3.07. The first-order valence-electron chi connectivity index (χ1n) is 10.2. The van der Waals surface area contributed by atoms with Gasteiger partial charge in [-0.1, -0.05) is 11.6 Å². The molecule has 0 aliphatic carbocycles. The number of pyridine rings is 1. The maximum atomic E-state index is 6.08. The molecule has 0 N–H and O–H groups in total. The predicted molar refractivity (Wildman–Crippen MR) is 120 cm³/mol. The Bertz CT molecular complexity index is 1010. The van der Waals surface area contributed by atoms with Gasteiger partial charge in [0, 0.05) is 41.6 Å². The smallest absolute Gasteiger partial charge is 0.182 e. The van der Waals surface area contributed by atoms with Gasteiger partial charge in [0.05, 0.1) is 11.7 Å². The van der Waals surface area contributed by atoms with Crippen molar-refractivity contribution in [2.75, 3.05) is 13.1 Å². The number of nitrogens with zero attached hydrogens (tertiary/aromatic N) is 3. The molecule has 0 amide bonds. The highest BCUT2D eigenvalue weighted by atomic mass is 35.5. The lowest BCUT2D eigenvalue weighted by Crippen LogP contribution is -2.35. The van der Waals surface area contributed by atoms with Crippen LogP contribution in [-0.4, -0.2) is 33.1 Å². The zero-order valence-electron chi connectivity index (χ0n) is 17.4. The summed E-state index contributed by atoms with van der Waals surface area (Å²) in [5, 5.41) is 2.02. The topological polar surface area (TPSA) is 30.3 Å². The van der Waals surface area contributed by atoms with Crippen LogP contribution in [0.1, 0.15) is 45.1 Å². The Labute approximate surface area is 177 Å². The van der Waals surface area contributed by atoms with E-state index in [-0.39, 0.29) is 5.60 Å². The number of fused-ring (bicyclic) bond motifs is 1. The molecule has 1 fully saturated rings. The number of hydrogen-bond acceptors (Lipinski definition) is 3.